The molecule has 1 aromatic heterocycles. The largest absolute Gasteiger partial charge is 0.480 e. The first-order chi connectivity index (χ1) is 14.9. The Hall–Kier alpha value is -2.64. The third-order valence-corrected chi connectivity index (χ3v) is 7.35. The fourth-order valence-corrected chi connectivity index (χ4v) is 5.46. The standard InChI is InChI=1S/C24H27NO5S/c26-24(27)21(12-6-4-10-17-8-2-1-3-9-17)25-31(28,29)18-14-15-20-19-11-5-7-13-22(19)30-23(20)16-18/h1-3,8-9,14-16,21,25H,4-7,10-13H2,(H,26,27)/t21-/m1/s1. The number of nitrogens with one attached hydrogen (secondary N) is 1. The van der Waals surface area contributed by atoms with E-state index in [1.54, 1.807) is 6.07 Å². The van der Waals surface area contributed by atoms with E-state index in [1.807, 2.05) is 30.3 Å². The summed E-state index contributed by atoms with van der Waals surface area (Å²) in [4.78, 5) is 11.7. The van der Waals surface area contributed by atoms with Crippen molar-refractivity contribution in [2.24, 2.45) is 0 Å². The van der Waals surface area contributed by atoms with Crippen LogP contribution in [0.3, 0.4) is 0 Å². The maximum Gasteiger partial charge on any atom is 0.321 e. The summed E-state index contributed by atoms with van der Waals surface area (Å²) in [5.41, 5.74) is 2.90. The minimum Gasteiger partial charge on any atom is -0.480 e. The van der Waals surface area contributed by atoms with Crippen LogP contribution in [0, 0.1) is 0 Å². The number of carboxylic acids is 1. The molecule has 0 amide bonds. The summed E-state index contributed by atoms with van der Waals surface area (Å²) in [5, 5.41) is 10.5. The summed E-state index contributed by atoms with van der Waals surface area (Å²) in [6.45, 7) is 0. The topological polar surface area (TPSA) is 96.6 Å². The van der Waals surface area contributed by atoms with Crippen LogP contribution in [0.5, 0.6) is 0 Å². The number of hydrogen-bond donors (Lipinski definition) is 2. The summed E-state index contributed by atoms with van der Waals surface area (Å²) in [6, 6.07) is 13.6. The van der Waals surface area contributed by atoms with E-state index in [0.717, 1.165) is 49.7 Å². The Morgan fingerprint density at radius 3 is 2.61 bits per heavy atom. The van der Waals surface area contributed by atoms with Gasteiger partial charge in [-0.2, -0.15) is 4.72 Å². The lowest BCUT2D eigenvalue weighted by Gasteiger charge is -2.15. The average Bonchev–Trinajstić information content (AvgIpc) is 3.14. The molecule has 31 heavy (non-hydrogen) atoms. The molecule has 4 rings (SSSR count). The van der Waals surface area contributed by atoms with Crippen molar-refractivity contribution in [2.45, 2.75) is 62.3 Å². The summed E-state index contributed by atoms with van der Waals surface area (Å²) < 4.78 is 34.0. The Labute approximate surface area is 182 Å². The summed E-state index contributed by atoms with van der Waals surface area (Å²) >= 11 is 0. The van der Waals surface area contributed by atoms with Gasteiger partial charge in [0, 0.05) is 23.4 Å². The number of carbonyl (C=O) groups is 1. The van der Waals surface area contributed by atoms with Crippen LogP contribution in [0.4, 0.5) is 0 Å². The predicted octanol–water partition coefficient (Wildman–Crippen LogP) is 4.46. The Kier molecular flexibility index (Phi) is 6.43. The molecule has 0 saturated carbocycles. The van der Waals surface area contributed by atoms with Gasteiger partial charge in [0.1, 0.15) is 17.4 Å². The number of rotatable bonds is 9. The molecule has 1 aliphatic rings. The Balaban J connectivity index is 1.43. The Morgan fingerprint density at radius 2 is 1.84 bits per heavy atom. The second kappa shape index (κ2) is 9.24. The number of unbranched alkanes of at least 4 members (excludes halogenated alkanes) is 1. The third-order valence-electron chi connectivity index (χ3n) is 5.89. The number of aliphatic carboxylic acids is 1. The quantitative estimate of drug-likeness (QED) is 0.478. The minimum atomic E-state index is -3.98. The predicted molar refractivity (Wildman–Crippen MR) is 119 cm³/mol. The number of aryl methyl sites for hydroxylation is 3. The molecule has 1 aliphatic carbocycles. The van der Waals surface area contributed by atoms with E-state index in [0.29, 0.717) is 12.0 Å². The summed E-state index contributed by atoms with van der Waals surface area (Å²) in [6.07, 6.45) is 6.46. The van der Waals surface area contributed by atoms with Crippen molar-refractivity contribution in [1.29, 1.82) is 0 Å². The molecular weight excluding hydrogens is 414 g/mol. The van der Waals surface area contributed by atoms with Gasteiger partial charge in [0.05, 0.1) is 4.90 Å². The second-order valence-corrected chi connectivity index (χ2v) is 9.83. The molecule has 1 heterocycles. The van der Waals surface area contributed by atoms with Gasteiger partial charge >= 0.3 is 5.97 Å². The molecule has 0 saturated heterocycles. The fourth-order valence-electron chi connectivity index (χ4n) is 4.22. The number of carboxylic acid groups (broad SMARTS) is 1. The molecule has 2 aromatic carbocycles. The van der Waals surface area contributed by atoms with E-state index in [4.69, 9.17) is 4.42 Å². The van der Waals surface area contributed by atoms with Crippen LogP contribution in [0.25, 0.3) is 11.0 Å². The molecule has 6 nitrogen and oxygen atoms in total. The van der Waals surface area contributed by atoms with Gasteiger partial charge < -0.3 is 9.52 Å². The molecule has 0 bridgehead atoms. The summed E-state index contributed by atoms with van der Waals surface area (Å²) in [7, 11) is -3.98. The van der Waals surface area contributed by atoms with Gasteiger partial charge in [-0.25, -0.2) is 8.42 Å². The molecule has 2 N–H and O–H groups in total. The Bertz CT molecular complexity index is 1170. The molecule has 7 heteroatoms. The summed E-state index contributed by atoms with van der Waals surface area (Å²) in [5.74, 6) is -0.233. The highest BCUT2D eigenvalue weighted by Crippen LogP contribution is 2.33. The first-order valence-corrected chi connectivity index (χ1v) is 12.3. The van der Waals surface area contributed by atoms with Gasteiger partial charge in [0.2, 0.25) is 10.0 Å². The SMILES string of the molecule is O=C(O)[C@@H](CCCCc1ccccc1)NS(=O)(=O)c1ccc2c3c(oc2c1)CCCC3. The second-order valence-electron chi connectivity index (χ2n) is 8.11. The number of benzene rings is 2. The molecule has 0 spiro atoms. The third kappa shape index (κ3) is 4.99. The van der Waals surface area contributed by atoms with Crippen molar-refractivity contribution in [3.8, 4) is 0 Å². The molecule has 164 valence electrons. The van der Waals surface area contributed by atoms with Crippen molar-refractivity contribution < 1.29 is 22.7 Å². The highest BCUT2D eigenvalue weighted by atomic mass is 32.2. The van der Waals surface area contributed by atoms with E-state index in [1.165, 1.54) is 23.3 Å². The van der Waals surface area contributed by atoms with Gasteiger partial charge in [0.15, 0.2) is 0 Å². The van der Waals surface area contributed by atoms with Crippen molar-refractivity contribution in [3.63, 3.8) is 0 Å². The molecule has 0 aliphatic heterocycles. The van der Waals surface area contributed by atoms with Crippen LogP contribution in [0.1, 0.15) is 49.0 Å². The highest BCUT2D eigenvalue weighted by molar-refractivity contribution is 7.89. The maximum absolute atomic E-state index is 12.9. The number of hydrogen-bond acceptors (Lipinski definition) is 4. The molecular formula is C24H27NO5S. The van der Waals surface area contributed by atoms with E-state index in [2.05, 4.69) is 4.72 Å². The molecule has 0 fully saturated rings. The number of furan rings is 1. The lowest BCUT2D eigenvalue weighted by molar-refractivity contribution is -0.139. The minimum absolute atomic E-state index is 0.0293. The monoisotopic (exact) mass is 441 g/mol. The first kappa shape index (κ1) is 21.6. The van der Waals surface area contributed by atoms with Crippen LogP contribution in [0.2, 0.25) is 0 Å². The first-order valence-electron chi connectivity index (χ1n) is 10.8. The van der Waals surface area contributed by atoms with Gasteiger partial charge in [-0.1, -0.05) is 36.8 Å². The lowest BCUT2D eigenvalue weighted by atomic mass is 9.96. The van der Waals surface area contributed by atoms with Crippen LogP contribution >= 0.6 is 0 Å². The van der Waals surface area contributed by atoms with E-state index in [9.17, 15) is 18.3 Å². The van der Waals surface area contributed by atoms with Crippen molar-refractivity contribution in [2.75, 3.05) is 0 Å². The van der Waals surface area contributed by atoms with Gasteiger partial charge in [-0.05, 0) is 56.2 Å². The van der Waals surface area contributed by atoms with Crippen molar-refractivity contribution in [1.82, 2.24) is 4.72 Å². The lowest BCUT2D eigenvalue weighted by Crippen LogP contribution is -2.40. The fraction of sp³-hybridized carbons (Fsp3) is 0.375. The number of fused-ring (bicyclic) bond motifs is 3. The van der Waals surface area contributed by atoms with Gasteiger partial charge in [-0.3, -0.25) is 4.79 Å². The van der Waals surface area contributed by atoms with Crippen LogP contribution in [-0.4, -0.2) is 25.5 Å². The molecule has 0 unspecified atom stereocenters. The Morgan fingerprint density at radius 1 is 1.06 bits per heavy atom. The number of sulfonamides is 1. The zero-order chi connectivity index (χ0) is 21.8. The van der Waals surface area contributed by atoms with Crippen LogP contribution in [-0.2, 0) is 34.1 Å². The van der Waals surface area contributed by atoms with Crippen LogP contribution < -0.4 is 4.72 Å². The maximum atomic E-state index is 12.9. The van der Waals surface area contributed by atoms with E-state index >= 15 is 0 Å². The van der Waals surface area contributed by atoms with Crippen LogP contribution in [0.15, 0.2) is 57.8 Å². The molecule has 1 atom stereocenters. The highest BCUT2D eigenvalue weighted by Gasteiger charge is 2.26. The van der Waals surface area contributed by atoms with Gasteiger partial charge in [-0.15, -0.1) is 0 Å². The van der Waals surface area contributed by atoms with Crippen molar-refractivity contribution in [3.05, 3.63) is 65.4 Å². The zero-order valence-corrected chi connectivity index (χ0v) is 18.2. The van der Waals surface area contributed by atoms with E-state index in [-0.39, 0.29) is 11.3 Å². The van der Waals surface area contributed by atoms with E-state index < -0.39 is 22.0 Å². The molecule has 0 radical (unpaired) electrons. The normalized spacial score (nSPS) is 15.0. The van der Waals surface area contributed by atoms with Gasteiger partial charge in [0.25, 0.3) is 0 Å². The average molecular weight is 442 g/mol. The smallest absolute Gasteiger partial charge is 0.321 e. The molecule has 3 aromatic rings. The zero-order valence-electron chi connectivity index (χ0n) is 17.3. The van der Waals surface area contributed by atoms with Crippen molar-refractivity contribution >= 4 is 27.0 Å².